The molecule has 10 heteroatoms. The summed E-state index contributed by atoms with van der Waals surface area (Å²) in [6, 6.07) is 10.6. The molecule has 0 fully saturated rings. The second kappa shape index (κ2) is 7.07. The molecule has 140 valence electrons. The fourth-order valence-corrected chi connectivity index (χ4v) is 4.68. The number of sulfone groups is 1. The Morgan fingerprint density at radius 2 is 1.81 bits per heavy atom. The van der Waals surface area contributed by atoms with Crippen molar-refractivity contribution in [1.29, 1.82) is 0 Å². The number of hydrogen-bond donors (Lipinski definition) is 1. The first-order valence-electron chi connectivity index (χ1n) is 7.54. The Kier molecular flexibility index (Phi) is 5.16. The lowest BCUT2D eigenvalue weighted by atomic mass is 10.2. The van der Waals surface area contributed by atoms with Crippen molar-refractivity contribution >= 4 is 31.5 Å². The van der Waals surface area contributed by atoms with Crippen molar-refractivity contribution in [2.24, 2.45) is 0 Å². The molecule has 7 nitrogen and oxygen atoms in total. The predicted molar refractivity (Wildman–Crippen MR) is 96.1 cm³/mol. The molecule has 0 aromatic heterocycles. The van der Waals surface area contributed by atoms with E-state index in [1.807, 2.05) is 6.07 Å². The normalized spacial score (nSPS) is 17.1. The van der Waals surface area contributed by atoms with Gasteiger partial charge in [-0.3, -0.25) is 0 Å². The molecule has 0 spiro atoms. The third-order valence-electron chi connectivity index (χ3n) is 3.69. The van der Waals surface area contributed by atoms with E-state index in [2.05, 4.69) is 4.72 Å². The summed E-state index contributed by atoms with van der Waals surface area (Å²) >= 11 is 5.95. The first-order chi connectivity index (χ1) is 12.2. The van der Waals surface area contributed by atoms with E-state index in [9.17, 15) is 16.8 Å². The zero-order valence-corrected chi connectivity index (χ0v) is 16.1. The van der Waals surface area contributed by atoms with Crippen molar-refractivity contribution in [3.8, 4) is 11.5 Å². The lowest BCUT2D eigenvalue weighted by Crippen LogP contribution is -2.40. The highest BCUT2D eigenvalue weighted by Gasteiger charge is 2.25. The molecule has 0 saturated carbocycles. The largest absolute Gasteiger partial charge is 0.486 e. The minimum atomic E-state index is -4.03. The van der Waals surface area contributed by atoms with Crippen LogP contribution in [0.1, 0.15) is 0 Å². The quantitative estimate of drug-likeness (QED) is 0.797. The van der Waals surface area contributed by atoms with Crippen LogP contribution in [0.3, 0.4) is 0 Å². The lowest BCUT2D eigenvalue weighted by Gasteiger charge is -2.26. The standard InChI is InChI=1S/C16H16ClNO6S2/c1-25(19,20)12-6-7-13(17)16(8-12)26(21,22)18-9-11-10-23-14-4-2-3-5-15(14)24-11/h2-8,11,18H,9-10H2,1H3. The second-order valence-electron chi connectivity index (χ2n) is 5.71. The molecule has 2 aromatic carbocycles. The van der Waals surface area contributed by atoms with Crippen LogP contribution in [0.15, 0.2) is 52.3 Å². The van der Waals surface area contributed by atoms with Crippen LogP contribution in [0.2, 0.25) is 5.02 Å². The van der Waals surface area contributed by atoms with Crippen LogP contribution < -0.4 is 14.2 Å². The van der Waals surface area contributed by atoms with Gasteiger partial charge in [0.1, 0.15) is 17.6 Å². The summed E-state index contributed by atoms with van der Waals surface area (Å²) in [6.07, 6.45) is 0.460. The monoisotopic (exact) mass is 417 g/mol. The molecule has 0 saturated heterocycles. The van der Waals surface area contributed by atoms with Gasteiger partial charge in [-0.1, -0.05) is 23.7 Å². The van der Waals surface area contributed by atoms with Crippen molar-refractivity contribution in [3.05, 3.63) is 47.5 Å². The SMILES string of the molecule is CS(=O)(=O)c1ccc(Cl)c(S(=O)(=O)NCC2COc3ccccc3O2)c1. The summed E-state index contributed by atoms with van der Waals surface area (Å²) in [7, 11) is -7.60. The Morgan fingerprint density at radius 1 is 1.12 bits per heavy atom. The molecule has 0 amide bonds. The molecule has 1 unspecified atom stereocenters. The molecule has 2 aromatic rings. The molecule has 0 radical (unpaired) electrons. The highest BCUT2D eigenvalue weighted by Crippen LogP contribution is 2.31. The zero-order valence-electron chi connectivity index (χ0n) is 13.7. The zero-order chi connectivity index (χ0) is 18.9. The van der Waals surface area contributed by atoms with Crippen LogP contribution in [-0.4, -0.2) is 42.3 Å². The van der Waals surface area contributed by atoms with Crippen LogP contribution in [-0.2, 0) is 19.9 Å². The number of ether oxygens (including phenoxy) is 2. The number of hydrogen-bond acceptors (Lipinski definition) is 6. The Bertz CT molecular complexity index is 1040. The topological polar surface area (TPSA) is 98.8 Å². The summed E-state index contributed by atoms with van der Waals surface area (Å²) in [5.41, 5.74) is 0. The minimum Gasteiger partial charge on any atom is -0.486 e. The van der Waals surface area contributed by atoms with E-state index < -0.39 is 26.0 Å². The highest BCUT2D eigenvalue weighted by molar-refractivity contribution is 7.91. The molecular weight excluding hydrogens is 402 g/mol. The van der Waals surface area contributed by atoms with E-state index in [1.165, 1.54) is 12.1 Å². The lowest BCUT2D eigenvalue weighted by molar-refractivity contribution is 0.0943. The summed E-state index contributed by atoms with van der Waals surface area (Å²) in [6.45, 7) is 0.118. The number of rotatable bonds is 5. The van der Waals surface area contributed by atoms with Crippen molar-refractivity contribution in [2.75, 3.05) is 19.4 Å². The number of sulfonamides is 1. The van der Waals surface area contributed by atoms with Gasteiger partial charge in [0.2, 0.25) is 10.0 Å². The number of para-hydroxylation sites is 2. The van der Waals surface area contributed by atoms with Crippen molar-refractivity contribution < 1.29 is 26.3 Å². The molecule has 1 atom stereocenters. The molecule has 0 bridgehead atoms. The fourth-order valence-electron chi connectivity index (χ4n) is 2.36. The van der Waals surface area contributed by atoms with Crippen molar-refractivity contribution in [2.45, 2.75) is 15.9 Å². The van der Waals surface area contributed by atoms with Gasteiger partial charge in [-0.2, -0.15) is 0 Å². The van der Waals surface area contributed by atoms with E-state index in [4.69, 9.17) is 21.1 Å². The Hall–Kier alpha value is -1.81. The van der Waals surface area contributed by atoms with Gasteiger partial charge >= 0.3 is 0 Å². The number of fused-ring (bicyclic) bond motifs is 1. The smallest absolute Gasteiger partial charge is 0.242 e. The van der Waals surface area contributed by atoms with Gasteiger partial charge in [0, 0.05) is 6.26 Å². The maximum absolute atomic E-state index is 12.5. The summed E-state index contributed by atoms with van der Waals surface area (Å²) in [4.78, 5) is -0.437. The molecule has 1 aliphatic heterocycles. The molecule has 1 heterocycles. The third kappa shape index (κ3) is 4.12. The Labute approximate surface area is 156 Å². The van der Waals surface area contributed by atoms with Gasteiger partial charge < -0.3 is 9.47 Å². The predicted octanol–water partition coefficient (Wildman–Crippen LogP) is 1.86. The van der Waals surface area contributed by atoms with Crippen LogP contribution in [0, 0.1) is 0 Å². The van der Waals surface area contributed by atoms with Crippen molar-refractivity contribution in [3.63, 3.8) is 0 Å². The highest BCUT2D eigenvalue weighted by atomic mass is 35.5. The van der Waals surface area contributed by atoms with Crippen LogP contribution in [0.5, 0.6) is 11.5 Å². The average Bonchev–Trinajstić information content (AvgIpc) is 2.59. The number of nitrogens with one attached hydrogen (secondary N) is 1. The fraction of sp³-hybridized carbons (Fsp3) is 0.250. The number of benzene rings is 2. The Morgan fingerprint density at radius 3 is 2.50 bits per heavy atom. The first kappa shape index (κ1) is 19.0. The Balaban J connectivity index is 1.76. The molecule has 26 heavy (non-hydrogen) atoms. The van der Waals surface area contributed by atoms with Gasteiger partial charge in [0.05, 0.1) is 16.5 Å². The summed E-state index contributed by atoms with van der Waals surface area (Å²) in [5.74, 6) is 1.12. The second-order valence-corrected chi connectivity index (χ2v) is 9.87. The number of halogens is 1. The van der Waals surface area contributed by atoms with Crippen LogP contribution in [0.4, 0.5) is 0 Å². The van der Waals surface area contributed by atoms with E-state index >= 15 is 0 Å². The minimum absolute atomic E-state index is 0.0594. The summed E-state index contributed by atoms with van der Waals surface area (Å²) < 4.78 is 62.0. The first-order valence-corrected chi connectivity index (χ1v) is 11.3. The van der Waals surface area contributed by atoms with Gasteiger partial charge in [-0.05, 0) is 30.3 Å². The average molecular weight is 418 g/mol. The van der Waals surface area contributed by atoms with E-state index in [-0.39, 0.29) is 28.0 Å². The molecular formula is C16H16ClNO6S2. The van der Waals surface area contributed by atoms with E-state index in [0.717, 1.165) is 12.3 Å². The van der Waals surface area contributed by atoms with E-state index in [1.54, 1.807) is 18.2 Å². The maximum Gasteiger partial charge on any atom is 0.242 e. The summed E-state index contributed by atoms with van der Waals surface area (Å²) in [5, 5.41) is -0.0731. The van der Waals surface area contributed by atoms with E-state index in [0.29, 0.717) is 11.5 Å². The van der Waals surface area contributed by atoms with Crippen molar-refractivity contribution in [1.82, 2.24) is 4.72 Å². The van der Waals surface area contributed by atoms with Gasteiger partial charge in [0.15, 0.2) is 21.3 Å². The van der Waals surface area contributed by atoms with Gasteiger partial charge in [-0.15, -0.1) is 0 Å². The maximum atomic E-state index is 12.5. The van der Waals surface area contributed by atoms with Crippen LogP contribution >= 0.6 is 11.6 Å². The van der Waals surface area contributed by atoms with Gasteiger partial charge in [0.25, 0.3) is 0 Å². The van der Waals surface area contributed by atoms with Crippen LogP contribution in [0.25, 0.3) is 0 Å². The van der Waals surface area contributed by atoms with Gasteiger partial charge in [-0.25, -0.2) is 21.6 Å². The molecule has 1 N–H and O–H groups in total. The third-order valence-corrected chi connectivity index (χ3v) is 6.70. The molecule has 1 aliphatic rings. The molecule has 0 aliphatic carbocycles. The molecule has 3 rings (SSSR count).